The molecule has 2 bridgehead atoms. The van der Waals surface area contributed by atoms with Gasteiger partial charge in [0.2, 0.25) is 0 Å². The van der Waals surface area contributed by atoms with Crippen molar-refractivity contribution in [3.8, 4) is 16.9 Å². The first-order valence-electron chi connectivity index (χ1n) is 12.7. The Labute approximate surface area is 194 Å². The number of esters is 1. The van der Waals surface area contributed by atoms with Crippen molar-refractivity contribution >= 4 is 5.97 Å². The summed E-state index contributed by atoms with van der Waals surface area (Å²) < 4.78 is 5.35. The van der Waals surface area contributed by atoms with Gasteiger partial charge in [-0.2, -0.15) is 0 Å². The fraction of sp³-hybridized carbons (Fsp3) is 0.500. The third-order valence-corrected chi connectivity index (χ3v) is 8.11. The summed E-state index contributed by atoms with van der Waals surface area (Å²) in [6.45, 7) is 4.30. The molecular formula is C30H38O2. The van der Waals surface area contributed by atoms with Crippen LogP contribution in [-0.4, -0.2) is 5.97 Å². The first kappa shape index (κ1) is 22.8. The summed E-state index contributed by atoms with van der Waals surface area (Å²) in [4.78, 5) is 11.8. The summed E-state index contributed by atoms with van der Waals surface area (Å²) in [6.07, 6.45) is 18.1. The molecule has 0 aliphatic heterocycles. The summed E-state index contributed by atoms with van der Waals surface area (Å²) >= 11 is 0. The highest BCUT2D eigenvalue weighted by Gasteiger charge is 2.48. The molecule has 0 atom stereocenters. The molecule has 0 heterocycles. The molecule has 2 nitrogen and oxygen atoms in total. The molecule has 2 aromatic carbocycles. The molecule has 3 fully saturated rings. The average molecular weight is 431 g/mol. The highest BCUT2D eigenvalue weighted by molar-refractivity contribution is 5.84. The van der Waals surface area contributed by atoms with Gasteiger partial charge in [-0.25, -0.2) is 4.79 Å². The van der Waals surface area contributed by atoms with Crippen LogP contribution >= 0.6 is 0 Å². The average Bonchev–Trinajstić information content (AvgIpc) is 2.85. The molecule has 0 radical (unpaired) electrons. The van der Waals surface area contributed by atoms with Gasteiger partial charge in [0.1, 0.15) is 5.75 Å². The van der Waals surface area contributed by atoms with Gasteiger partial charge in [-0.3, -0.25) is 0 Å². The van der Waals surface area contributed by atoms with E-state index in [1.54, 1.807) is 0 Å². The molecule has 0 unspecified atom stereocenters. The van der Waals surface area contributed by atoms with Crippen molar-refractivity contribution in [1.29, 1.82) is 0 Å². The third-order valence-electron chi connectivity index (χ3n) is 8.11. The molecule has 0 saturated heterocycles. The van der Waals surface area contributed by atoms with Crippen LogP contribution in [0, 0.1) is 5.41 Å². The molecule has 3 aliphatic rings. The van der Waals surface area contributed by atoms with Crippen LogP contribution in [0.5, 0.6) is 5.75 Å². The maximum atomic E-state index is 11.8. The minimum absolute atomic E-state index is 0.322. The highest BCUT2D eigenvalue weighted by atomic mass is 16.5. The Morgan fingerprint density at radius 1 is 0.844 bits per heavy atom. The van der Waals surface area contributed by atoms with E-state index >= 15 is 0 Å². The Kier molecular flexibility index (Phi) is 7.18. The van der Waals surface area contributed by atoms with Crippen LogP contribution in [0.25, 0.3) is 11.1 Å². The molecule has 5 rings (SSSR count). The number of carbonyl (C=O) groups is 1. The van der Waals surface area contributed by atoms with Gasteiger partial charge in [-0.1, -0.05) is 75.6 Å². The van der Waals surface area contributed by atoms with E-state index in [1.807, 2.05) is 37.3 Å². The Bertz CT molecular complexity index is 896. The molecule has 32 heavy (non-hydrogen) atoms. The van der Waals surface area contributed by atoms with Gasteiger partial charge in [0, 0.05) is 6.08 Å². The van der Waals surface area contributed by atoms with Crippen LogP contribution in [0.1, 0.15) is 90.0 Å². The van der Waals surface area contributed by atoms with Crippen molar-refractivity contribution in [1.82, 2.24) is 0 Å². The lowest BCUT2D eigenvalue weighted by Crippen LogP contribution is -2.44. The van der Waals surface area contributed by atoms with E-state index < -0.39 is 0 Å². The van der Waals surface area contributed by atoms with Gasteiger partial charge in [0.15, 0.2) is 0 Å². The number of hydrogen-bond donors (Lipinski definition) is 0. The van der Waals surface area contributed by atoms with Gasteiger partial charge >= 0.3 is 5.97 Å². The number of rotatable bonds is 9. The first-order chi connectivity index (χ1) is 15.6. The van der Waals surface area contributed by atoms with E-state index in [0.717, 1.165) is 12.0 Å². The second-order valence-electron chi connectivity index (χ2n) is 10.1. The monoisotopic (exact) mass is 430 g/mol. The largest absolute Gasteiger partial charge is 0.423 e. The van der Waals surface area contributed by atoms with Crippen LogP contribution in [0.4, 0.5) is 0 Å². The summed E-state index contributed by atoms with van der Waals surface area (Å²) in [6, 6.07) is 17.1. The predicted octanol–water partition coefficient (Wildman–Crippen LogP) is 8.40. The van der Waals surface area contributed by atoms with E-state index in [9.17, 15) is 4.79 Å². The minimum atomic E-state index is -0.322. The fourth-order valence-corrected chi connectivity index (χ4v) is 5.92. The summed E-state index contributed by atoms with van der Waals surface area (Å²) in [7, 11) is 0. The number of ether oxygens (including phenoxy) is 1. The molecule has 3 saturated carbocycles. The fourth-order valence-electron chi connectivity index (χ4n) is 5.92. The van der Waals surface area contributed by atoms with Gasteiger partial charge in [0.05, 0.1) is 0 Å². The Hall–Kier alpha value is -2.35. The number of carbonyl (C=O) groups excluding carboxylic acids is 1. The molecule has 2 aromatic rings. The van der Waals surface area contributed by atoms with Crippen molar-refractivity contribution < 1.29 is 9.53 Å². The minimum Gasteiger partial charge on any atom is -0.423 e. The zero-order chi connectivity index (χ0) is 22.4. The normalized spacial score (nSPS) is 24.7. The maximum absolute atomic E-state index is 11.8. The first-order valence-corrected chi connectivity index (χ1v) is 12.7. The van der Waals surface area contributed by atoms with Crippen LogP contribution in [0.2, 0.25) is 0 Å². The summed E-state index contributed by atoms with van der Waals surface area (Å²) in [5.74, 6) is 0.263. The lowest BCUT2D eigenvalue weighted by molar-refractivity contribution is -0.129. The molecule has 3 aliphatic carbocycles. The number of allylic oxidation sites excluding steroid dienone is 1. The van der Waals surface area contributed by atoms with Gasteiger partial charge in [-0.05, 0) is 91.0 Å². The lowest BCUT2D eigenvalue weighted by Gasteiger charge is -2.54. The molecule has 0 spiro atoms. The van der Waals surface area contributed by atoms with Crippen molar-refractivity contribution in [3.05, 3.63) is 66.2 Å². The van der Waals surface area contributed by atoms with Gasteiger partial charge < -0.3 is 4.74 Å². The van der Waals surface area contributed by atoms with Crippen LogP contribution in [0.15, 0.2) is 60.7 Å². The number of unbranched alkanes of at least 4 members (excludes halogenated alkanes) is 2. The van der Waals surface area contributed by atoms with E-state index in [0.29, 0.717) is 16.6 Å². The van der Waals surface area contributed by atoms with E-state index in [-0.39, 0.29) is 5.97 Å². The SMILES string of the molecule is CCC=CC(=O)Oc1ccc(-c2ccc(C34CCC(CCCCC)(CC3)CC4)cc2)cc1. The van der Waals surface area contributed by atoms with Crippen molar-refractivity contribution in [2.45, 2.75) is 89.9 Å². The maximum Gasteiger partial charge on any atom is 0.335 e. The Morgan fingerprint density at radius 2 is 1.44 bits per heavy atom. The van der Waals surface area contributed by atoms with Crippen molar-refractivity contribution in [2.24, 2.45) is 5.41 Å². The number of fused-ring (bicyclic) bond motifs is 3. The third kappa shape index (κ3) is 5.00. The van der Waals surface area contributed by atoms with Crippen LogP contribution < -0.4 is 4.74 Å². The van der Waals surface area contributed by atoms with Gasteiger partial charge in [-0.15, -0.1) is 0 Å². The Balaban J connectivity index is 1.39. The molecule has 0 amide bonds. The quantitative estimate of drug-likeness (QED) is 0.173. The van der Waals surface area contributed by atoms with Gasteiger partial charge in [0.25, 0.3) is 0 Å². The predicted molar refractivity (Wildman–Crippen MR) is 133 cm³/mol. The second-order valence-corrected chi connectivity index (χ2v) is 10.1. The van der Waals surface area contributed by atoms with Crippen LogP contribution in [-0.2, 0) is 10.2 Å². The molecule has 170 valence electrons. The highest BCUT2D eigenvalue weighted by Crippen LogP contribution is 2.59. The molecule has 2 heteroatoms. The van der Waals surface area contributed by atoms with E-state index in [4.69, 9.17) is 4.74 Å². The standard InChI is InChI=1S/C30H38O2/c1-3-5-7-17-29-18-21-30(22-19-29,23-20-29)26-13-9-24(10-14-26)25-11-15-27(16-12-25)32-28(31)8-6-4-2/h6,8-16H,3-5,7,17-23H2,1-2H3. The molecular weight excluding hydrogens is 392 g/mol. The molecule has 0 N–H and O–H groups in total. The molecule has 0 aromatic heterocycles. The van der Waals surface area contributed by atoms with E-state index in [1.165, 1.54) is 81.4 Å². The zero-order valence-electron chi connectivity index (χ0n) is 19.9. The van der Waals surface area contributed by atoms with Crippen molar-refractivity contribution in [3.63, 3.8) is 0 Å². The summed E-state index contributed by atoms with van der Waals surface area (Å²) in [5, 5.41) is 0. The lowest BCUT2D eigenvalue weighted by atomic mass is 9.51. The topological polar surface area (TPSA) is 26.3 Å². The number of hydrogen-bond acceptors (Lipinski definition) is 2. The summed E-state index contributed by atoms with van der Waals surface area (Å²) in [5.41, 5.74) is 4.98. The van der Waals surface area contributed by atoms with Crippen LogP contribution in [0.3, 0.4) is 0 Å². The Morgan fingerprint density at radius 3 is 2.00 bits per heavy atom. The van der Waals surface area contributed by atoms with E-state index in [2.05, 4.69) is 31.2 Å². The number of benzene rings is 2. The second kappa shape index (κ2) is 10.1. The smallest absolute Gasteiger partial charge is 0.335 e. The van der Waals surface area contributed by atoms with Crippen molar-refractivity contribution in [2.75, 3.05) is 0 Å². The zero-order valence-corrected chi connectivity index (χ0v) is 19.9.